The molecular formula is C16H15ClNO. The SMILES string of the molecule is [CH2]c1cccc(C(=O)N(C)Cc2cccc(Cl)c2)c1. The summed E-state index contributed by atoms with van der Waals surface area (Å²) in [7, 11) is 1.78. The number of amides is 1. The van der Waals surface area contributed by atoms with E-state index >= 15 is 0 Å². The Balaban J connectivity index is 2.12. The van der Waals surface area contributed by atoms with Crippen molar-refractivity contribution >= 4 is 17.5 Å². The van der Waals surface area contributed by atoms with Gasteiger partial charge in [-0.25, -0.2) is 0 Å². The minimum absolute atomic E-state index is 0.0227. The van der Waals surface area contributed by atoms with E-state index in [0.29, 0.717) is 17.1 Å². The maximum atomic E-state index is 12.3. The number of nitrogens with zero attached hydrogens (tertiary/aromatic N) is 1. The van der Waals surface area contributed by atoms with Crippen molar-refractivity contribution in [2.75, 3.05) is 7.05 Å². The first-order chi connectivity index (χ1) is 9.06. The summed E-state index contributed by atoms with van der Waals surface area (Å²) in [6.45, 7) is 4.36. The molecule has 3 heteroatoms. The van der Waals surface area contributed by atoms with Gasteiger partial charge in [-0.1, -0.05) is 35.9 Å². The van der Waals surface area contributed by atoms with E-state index in [2.05, 4.69) is 6.92 Å². The van der Waals surface area contributed by atoms with Crippen molar-refractivity contribution in [1.29, 1.82) is 0 Å². The highest BCUT2D eigenvalue weighted by Crippen LogP contribution is 2.14. The van der Waals surface area contributed by atoms with E-state index < -0.39 is 0 Å². The lowest BCUT2D eigenvalue weighted by atomic mass is 10.1. The van der Waals surface area contributed by atoms with Gasteiger partial charge >= 0.3 is 0 Å². The molecule has 2 rings (SSSR count). The van der Waals surface area contributed by atoms with Gasteiger partial charge in [0.1, 0.15) is 0 Å². The smallest absolute Gasteiger partial charge is 0.253 e. The molecule has 0 aliphatic rings. The number of rotatable bonds is 3. The van der Waals surface area contributed by atoms with Crippen molar-refractivity contribution in [2.24, 2.45) is 0 Å². The minimum atomic E-state index is -0.0227. The van der Waals surface area contributed by atoms with Gasteiger partial charge in [0, 0.05) is 24.2 Å². The van der Waals surface area contributed by atoms with Crippen molar-refractivity contribution in [3.63, 3.8) is 0 Å². The largest absolute Gasteiger partial charge is 0.337 e. The fraction of sp³-hybridized carbons (Fsp3) is 0.125. The van der Waals surface area contributed by atoms with Gasteiger partial charge in [0.15, 0.2) is 0 Å². The van der Waals surface area contributed by atoms with Crippen LogP contribution in [0.2, 0.25) is 5.02 Å². The average molecular weight is 273 g/mol. The first-order valence-electron chi connectivity index (χ1n) is 5.98. The highest BCUT2D eigenvalue weighted by molar-refractivity contribution is 6.30. The minimum Gasteiger partial charge on any atom is -0.337 e. The molecule has 1 amide bonds. The lowest BCUT2D eigenvalue weighted by Gasteiger charge is -2.17. The van der Waals surface area contributed by atoms with Gasteiger partial charge in [0.2, 0.25) is 0 Å². The van der Waals surface area contributed by atoms with Gasteiger partial charge in [0.05, 0.1) is 0 Å². The van der Waals surface area contributed by atoms with Crippen LogP contribution >= 0.6 is 11.6 Å². The van der Waals surface area contributed by atoms with Crippen molar-refractivity contribution in [1.82, 2.24) is 4.90 Å². The zero-order chi connectivity index (χ0) is 13.8. The monoisotopic (exact) mass is 272 g/mol. The molecule has 0 saturated heterocycles. The number of carbonyl (C=O) groups excluding carboxylic acids is 1. The molecule has 2 nitrogen and oxygen atoms in total. The molecule has 0 N–H and O–H groups in total. The standard InChI is InChI=1S/C16H15ClNO/c1-12-5-3-7-14(9-12)16(19)18(2)11-13-6-4-8-15(17)10-13/h3-10H,1,11H2,2H3. The third kappa shape index (κ3) is 3.58. The van der Waals surface area contributed by atoms with E-state index in [4.69, 9.17) is 11.6 Å². The zero-order valence-electron chi connectivity index (χ0n) is 10.8. The molecule has 97 valence electrons. The van der Waals surface area contributed by atoms with Gasteiger partial charge in [-0.15, -0.1) is 0 Å². The Bertz CT molecular complexity index is 595. The summed E-state index contributed by atoms with van der Waals surface area (Å²) in [5, 5.41) is 0.679. The van der Waals surface area contributed by atoms with Gasteiger partial charge < -0.3 is 4.90 Å². The Morgan fingerprint density at radius 1 is 1.21 bits per heavy atom. The van der Waals surface area contributed by atoms with Crippen LogP contribution in [-0.4, -0.2) is 17.9 Å². The highest BCUT2D eigenvalue weighted by Gasteiger charge is 2.12. The predicted molar refractivity (Wildman–Crippen MR) is 78.2 cm³/mol. The third-order valence-electron chi connectivity index (χ3n) is 2.83. The lowest BCUT2D eigenvalue weighted by Crippen LogP contribution is -2.26. The fourth-order valence-corrected chi connectivity index (χ4v) is 2.12. The van der Waals surface area contributed by atoms with E-state index in [-0.39, 0.29) is 5.91 Å². The highest BCUT2D eigenvalue weighted by atomic mass is 35.5. The molecule has 2 aromatic carbocycles. The van der Waals surface area contributed by atoms with Crippen molar-refractivity contribution < 1.29 is 4.79 Å². The predicted octanol–water partition coefficient (Wildman–Crippen LogP) is 3.79. The van der Waals surface area contributed by atoms with E-state index in [1.54, 1.807) is 24.1 Å². The zero-order valence-corrected chi connectivity index (χ0v) is 11.5. The number of hydrogen-bond donors (Lipinski definition) is 0. The second-order valence-corrected chi connectivity index (χ2v) is 4.93. The molecule has 0 heterocycles. The Labute approximate surface area is 118 Å². The quantitative estimate of drug-likeness (QED) is 0.832. The number of carbonyl (C=O) groups is 1. The van der Waals surface area contributed by atoms with E-state index in [0.717, 1.165) is 11.1 Å². The van der Waals surface area contributed by atoms with Gasteiger partial charge in [-0.05, 0) is 42.3 Å². The maximum Gasteiger partial charge on any atom is 0.253 e. The van der Waals surface area contributed by atoms with Crippen molar-refractivity contribution in [3.8, 4) is 0 Å². The Morgan fingerprint density at radius 3 is 2.63 bits per heavy atom. The molecular weight excluding hydrogens is 258 g/mol. The first kappa shape index (κ1) is 13.6. The molecule has 19 heavy (non-hydrogen) atoms. The Hall–Kier alpha value is -1.80. The second-order valence-electron chi connectivity index (χ2n) is 4.49. The average Bonchev–Trinajstić information content (AvgIpc) is 2.38. The molecule has 0 saturated carbocycles. The number of hydrogen-bond acceptors (Lipinski definition) is 1. The molecule has 0 aromatic heterocycles. The van der Waals surface area contributed by atoms with Crippen molar-refractivity contribution in [2.45, 2.75) is 6.54 Å². The van der Waals surface area contributed by atoms with Crippen LogP contribution in [0, 0.1) is 6.92 Å². The topological polar surface area (TPSA) is 20.3 Å². The van der Waals surface area contributed by atoms with Crippen LogP contribution in [0.15, 0.2) is 48.5 Å². The summed E-state index contributed by atoms with van der Waals surface area (Å²) < 4.78 is 0. The summed E-state index contributed by atoms with van der Waals surface area (Å²) in [5.74, 6) is -0.0227. The summed E-state index contributed by atoms with van der Waals surface area (Å²) in [5.41, 5.74) is 2.49. The molecule has 0 aliphatic heterocycles. The second kappa shape index (κ2) is 5.89. The maximum absolute atomic E-state index is 12.3. The molecule has 1 radical (unpaired) electrons. The van der Waals surface area contributed by atoms with Crippen LogP contribution in [0.4, 0.5) is 0 Å². The van der Waals surface area contributed by atoms with E-state index in [1.807, 2.05) is 36.4 Å². The van der Waals surface area contributed by atoms with Gasteiger partial charge in [-0.2, -0.15) is 0 Å². The van der Waals surface area contributed by atoms with Crippen LogP contribution in [0.1, 0.15) is 21.5 Å². The fourth-order valence-electron chi connectivity index (χ4n) is 1.91. The molecule has 0 spiro atoms. The molecule has 0 fully saturated rings. The number of benzene rings is 2. The van der Waals surface area contributed by atoms with Crippen LogP contribution in [0.5, 0.6) is 0 Å². The normalized spacial score (nSPS) is 10.3. The van der Waals surface area contributed by atoms with Crippen LogP contribution in [-0.2, 0) is 6.54 Å². The summed E-state index contributed by atoms with van der Waals surface area (Å²) in [6.07, 6.45) is 0. The molecule has 0 aliphatic carbocycles. The lowest BCUT2D eigenvalue weighted by molar-refractivity contribution is 0.0785. The van der Waals surface area contributed by atoms with Crippen LogP contribution in [0.25, 0.3) is 0 Å². The Kier molecular flexibility index (Phi) is 4.23. The third-order valence-corrected chi connectivity index (χ3v) is 3.06. The van der Waals surface area contributed by atoms with Crippen molar-refractivity contribution in [3.05, 3.63) is 77.2 Å². The first-order valence-corrected chi connectivity index (χ1v) is 6.36. The summed E-state index contributed by atoms with van der Waals surface area (Å²) in [6, 6.07) is 14.8. The number of halogens is 1. The summed E-state index contributed by atoms with van der Waals surface area (Å²) >= 11 is 5.93. The van der Waals surface area contributed by atoms with Gasteiger partial charge in [-0.3, -0.25) is 4.79 Å². The molecule has 0 bridgehead atoms. The van der Waals surface area contributed by atoms with Crippen LogP contribution < -0.4 is 0 Å². The molecule has 0 unspecified atom stereocenters. The molecule has 0 atom stereocenters. The van der Waals surface area contributed by atoms with E-state index in [1.165, 1.54) is 0 Å². The molecule has 2 aromatic rings. The van der Waals surface area contributed by atoms with Crippen LogP contribution in [0.3, 0.4) is 0 Å². The van der Waals surface area contributed by atoms with E-state index in [9.17, 15) is 4.79 Å². The Morgan fingerprint density at radius 2 is 1.95 bits per heavy atom. The van der Waals surface area contributed by atoms with Gasteiger partial charge in [0.25, 0.3) is 5.91 Å². The summed E-state index contributed by atoms with van der Waals surface area (Å²) in [4.78, 5) is 13.9.